The van der Waals surface area contributed by atoms with Crippen LogP contribution >= 0.6 is 0 Å². The predicted molar refractivity (Wildman–Crippen MR) is 64.2 cm³/mol. The number of rotatable bonds is 1. The Hall–Kier alpha value is -2.17. The standard InChI is InChI=1S/C12H11N3O2/c16-15(17)10-7-8-3-1-5-13-11(8)12-9(10)4-2-6-14-12/h1-5,7-8,11,14H,6H2. The van der Waals surface area contributed by atoms with E-state index in [-0.39, 0.29) is 22.6 Å². The van der Waals surface area contributed by atoms with Crippen molar-refractivity contribution in [1.29, 1.82) is 0 Å². The lowest BCUT2D eigenvalue weighted by molar-refractivity contribution is -0.421. The molecule has 0 aromatic rings. The van der Waals surface area contributed by atoms with E-state index in [4.69, 9.17) is 0 Å². The third-order valence-electron chi connectivity index (χ3n) is 3.13. The molecule has 2 unspecified atom stereocenters. The van der Waals surface area contributed by atoms with Crippen LogP contribution in [0.25, 0.3) is 0 Å². The summed E-state index contributed by atoms with van der Waals surface area (Å²) in [7, 11) is 0. The first kappa shape index (κ1) is 10.0. The molecule has 2 heterocycles. The Morgan fingerprint density at radius 3 is 3.24 bits per heavy atom. The first-order valence-corrected chi connectivity index (χ1v) is 5.48. The number of nitrogens with one attached hydrogen (secondary N) is 1. The van der Waals surface area contributed by atoms with Crippen LogP contribution in [0.2, 0.25) is 0 Å². The van der Waals surface area contributed by atoms with Crippen molar-refractivity contribution < 1.29 is 4.92 Å². The summed E-state index contributed by atoms with van der Waals surface area (Å²) in [6, 6.07) is -0.0383. The molecule has 0 amide bonds. The molecule has 0 saturated heterocycles. The van der Waals surface area contributed by atoms with E-state index in [2.05, 4.69) is 10.3 Å². The van der Waals surface area contributed by atoms with E-state index in [1.54, 1.807) is 12.3 Å². The van der Waals surface area contributed by atoms with Gasteiger partial charge >= 0.3 is 0 Å². The maximum Gasteiger partial charge on any atom is 0.275 e. The summed E-state index contributed by atoms with van der Waals surface area (Å²) >= 11 is 0. The Labute approximate surface area is 98.1 Å². The molecule has 0 aromatic carbocycles. The second-order valence-electron chi connectivity index (χ2n) is 4.12. The maximum absolute atomic E-state index is 11.1. The van der Waals surface area contributed by atoms with Crippen molar-refractivity contribution in [3.05, 3.63) is 57.5 Å². The molecule has 3 aliphatic rings. The van der Waals surface area contributed by atoms with Crippen LogP contribution in [0.4, 0.5) is 0 Å². The van der Waals surface area contributed by atoms with E-state index in [1.807, 2.05) is 24.3 Å². The quantitative estimate of drug-likeness (QED) is 0.542. The number of nitro groups is 1. The van der Waals surface area contributed by atoms with Crippen LogP contribution < -0.4 is 5.32 Å². The first-order chi connectivity index (χ1) is 8.27. The Kier molecular flexibility index (Phi) is 2.18. The number of fused-ring (bicyclic) bond motifs is 2. The highest BCUT2D eigenvalue weighted by Gasteiger charge is 2.35. The van der Waals surface area contributed by atoms with Crippen molar-refractivity contribution in [3.8, 4) is 0 Å². The molecule has 0 saturated carbocycles. The second-order valence-corrected chi connectivity index (χ2v) is 4.12. The zero-order valence-corrected chi connectivity index (χ0v) is 9.04. The molecule has 0 radical (unpaired) electrons. The van der Waals surface area contributed by atoms with Crippen molar-refractivity contribution in [3.63, 3.8) is 0 Å². The first-order valence-electron chi connectivity index (χ1n) is 5.48. The summed E-state index contributed by atoms with van der Waals surface area (Å²) in [4.78, 5) is 15.1. The summed E-state index contributed by atoms with van der Waals surface area (Å²) in [5.41, 5.74) is 1.70. The second kappa shape index (κ2) is 3.69. The zero-order valence-electron chi connectivity index (χ0n) is 9.04. The molecule has 3 rings (SSSR count). The number of hydrogen-bond donors (Lipinski definition) is 1. The molecule has 86 valence electrons. The zero-order chi connectivity index (χ0) is 11.8. The maximum atomic E-state index is 11.1. The van der Waals surface area contributed by atoms with Crippen LogP contribution in [0.3, 0.4) is 0 Å². The molecule has 1 N–H and O–H groups in total. The lowest BCUT2D eigenvalue weighted by Crippen LogP contribution is -2.36. The smallest absolute Gasteiger partial charge is 0.275 e. The fraction of sp³-hybridized carbons (Fsp3) is 0.250. The average molecular weight is 229 g/mol. The number of aliphatic imine (C=N–C) groups is 1. The van der Waals surface area contributed by atoms with Gasteiger partial charge in [0.2, 0.25) is 0 Å². The van der Waals surface area contributed by atoms with E-state index in [1.165, 1.54) is 0 Å². The van der Waals surface area contributed by atoms with Gasteiger partial charge in [-0.1, -0.05) is 12.2 Å². The molecular weight excluding hydrogens is 218 g/mol. The van der Waals surface area contributed by atoms with Crippen molar-refractivity contribution in [1.82, 2.24) is 5.32 Å². The minimum absolute atomic E-state index is 0.0156. The van der Waals surface area contributed by atoms with Gasteiger partial charge in [-0.15, -0.1) is 0 Å². The number of nitrogens with zero attached hydrogens (tertiary/aromatic N) is 2. The number of dihydropyridines is 2. The molecular formula is C12H11N3O2. The minimum Gasteiger partial charge on any atom is -0.382 e. The van der Waals surface area contributed by atoms with Gasteiger partial charge in [0.05, 0.1) is 16.2 Å². The summed E-state index contributed by atoms with van der Waals surface area (Å²) in [5.74, 6) is -0.0156. The van der Waals surface area contributed by atoms with Gasteiger partial charge in [-0.05, 0) is 12.2 Å². The predicted octanol–water partition coefficient (Wildman–Crippen LogP) is 1.20. The lowest BCUT2D eigenvalue weighted by Gasteiger charge is -2.30. The van der Waals surface area contributed by atoms with E-state index in [0.717, 1.165) is 5.70 Å². The van der Waals surface area contributed by atoms with Gasteiger partial charge in [0.15, 0.2) is 0 Å². The van der Waals surface area contributed by atoms with Gasteiger partial charge in [0.25, 0.3) is 5.70 Å². The highest BCUT2D eigenvalue weighted by atomic mass is 16.6. The van der Waals surface area contributed by atoms with Crippen LogP contribution in [0.15, 0.2) is 52.3 Å². The Bertz CT molecular complexity index is 526. The van der Waals surface area contributed by atoms with Gasteiger partial charge in [-0.25, -0.2) is 0 Å². The number of hydrogen-bond acceptors (Lipinski definition) is 4. The molecule has 17 heavy (non-hydrogen) atoms. The van der Waals surface area contributed by atoms with Crippen LogP contribution in [-0.2, 0) is 0 Å². The molecule has 0 aromatic heterocycles. The van der Waals surface area contributed by atoms with Crippen LogP contribution in [0.5, 0.6) is 0 Å². The van der Waals surface area contributed by atoms with E-state index >= 15 is 0 Å². The van der Waals surface area contributed by atoms with Crippen molar-refractivity contribution in [2.75, 3.05) is 6.54 Å². The topological polar surface area (TPSA) is 67.5 Å². The van der Waals surface area contributed by atoms with Crippen molar-refractivity contribution in [2.24, 2.45) is 10.9 Å². The van der Waals surface area contributed by atoms with Crippen LogP contribution in [-0.4, -0.2) is 23.7 Å². The SMILES string of the molecule is O=[N+]([O-])C1=CC2C=CC=NC2C2=C1C=CCN2. The Morgan fingerprint density at radius 2 is 2.41 bits per heavy atom. The van der Waals surface area contributed by atoms with Crippen molar-refractivity contribution >= 4 is 6.21 Å². The molecule has 0 fully saturated rings. The highest BCUT2D eigenvalue weighted by molar-refractivity contribution is 5.73. The summed E-state index contributed by atoms with van der Waals surface area (Å²) in [5, 5.41) is 14.3. The third-order valence-corrected chi connectivity index (χ3v) is 3.13. The number of allylic oxidation sites excluding steroid dienone is 2. The van der Waals surface area contributed by atoms with Crippen LogP contribution in [0.1, 0.15) is 0 Å². The fourth-order valence-corrected chi connectivity index (χ4v) is 2.39. The molecule has 0 bridgehead atoms. The average Bonchev–Trinajstić information content (AvgIpc) is 2.37. The van der Waals surface area contributed by atoms with Crippen LogP contribution in [0, 0.1) is 16.0 Å². The Morgan fingerprint density at radius 1 is 1.53 bits per heavy atom. The van der Waals surface area contributed by atoms with E-state index in [0.29, 0.717) is 12.1 Å². The van der Waals surface area contributed by atoms with Gasteiger partial charge in [-0.3, -0.25) is 15.1 Å². The fourth-order valence-electron chi connectivity index (χ4n) is 2.39. The summed E-state index contributed by atoms with van der Waals surface area (Å²) < 4.78 is 0. The largest absolute Gasteiger partial charge is 0.382 e. The van der Waals surface area contributed by atoms with Crippen molar-refractivity contribution in [2.45, 2.75) is 6.04 Å². The monoisotopic (exact) mass is 229 g/mol. The van der Waals surface area contributed by atoms with Gasteiger partial charge < -0.3 is 5.32 Å². The Balaban J connectivity index is 2.12. The van der Waals surface area contributed by atoms with E-state index in [9.17, 15) is 10.1 Å². The molecule has 2 aliphatic heterocycles. The molecule has 1 aliphatic carbocycles. The van der Waals surface area contributed by atoms with Gasteiger partial charge in [-0.2, -0.15) is 0 Å². The minimum atomic E-state index is -0.324. The molecule has 5 heteroatoms. The summed E-state index contributed by atoms with van der Waals surface area (Å²) in [6.45, 7) is 0.701. The summed E-state index contributed by atoms with van der Waals surface area (Å²) in [6.07, 6.45) is 10.9. The highest BCUT2D eigenvalue weighted by Crippen LogP contribution is 2.34. The normalized spacial score (nSPS) is 29.3. The van der Waals surface area contributed by atoms with Gasteiger partial charge in [0, 0.05) is 24.8 Å². The third kappa shape index (κ3) is 1.51. The lowest BCUT2D eigenvalue weighted by atomic mass is 9.84. The van der Waals surface area contributed by atoms with E-state index < -0.39 is 0 Å². The molecule has 5 nitrogen and oxygen atoms in total. The molecule has 2 atom stereocenters. The molecule has 0 spiro atoms. The van der Waals surface area contributed by atoms with Gasteiger partial charge in [0.1, 0.15) is 6.04 Å².